The molecule has 1 saturated heterocycles. The maximum absolute atomic E-state index is 6.02. The van der Waals surface area contributed by atoms with E-state index in [9.17, 15) is 0 Å². The Morgan fingerprint density at radius 2 is 1.90 bits per heavy atom. The number of guanidine groups is 1. The molecule has 1 aromatic carbocycles. The predicted octanol–water partition coefficient (Wildman–Crippen LogP) is 2.91. The van der Waals surface area contributed by atoms with Crippen molar-refractivity contribution in [2.24, 2.45) is 10.7 Å². The Hall–Kier alpha value is -1.42. The maximum atomic E-state index is 6.02. The third-order valence-electron chi connectivity index (χ3n) is 3.39. The van der Waals surface area contributed by atoms with E-state index in [1.54, 1.807) is 0 Å². The van der Waals surface area contributed by atoms with Gasteiger partial charge in [-0.15, -0.1) is 0 Å². The molecule has 110 valence electrons. The normalized spacial score (nSPS) is 16.9. The second-order valence-electron chi connectivity index (χ2n) is 4.92. The third kappa shape index (κ3) is 4.60. The van der Waals surface area contributed by atoms with Crippen LogP contribution in [0.5, 0.6) is 5.75 Å². The van der Waals surface area contributed by atoms with Crippen LogP contribution >= 0.6 is 11.6 Å². The maximum Gasteiger partial charge on any atom is 0.191 e. The molecule has 1 fully saturated rings. The van der Waals surface area contributed by atoms with Crippen molar-refractivity contribution in [2.75, 3.05) is 26.2 Å². The van der Waals surface area contributed by atoms with Crippen LogP contribution in [-0.2, 0) is 0 Å². The molecular formula is C15H22ClN3O. The van der Waals surface area contributed by atoms with Gasteiger partial charge in [0.1, 0.15) is 12.4 Å². The van der Waals surface area contributed by atoms with Gasteiger partial charge in [-0.05, 0) is 25.0 Å². The molecule has 0 bridgehead atoms. The first kappa shape index (κ1) is 15.0. The second-order valence-corrected chi connectivity index (χ2v) is 5.33. The number of hydrogen-bond donors (Lipinski definition) is 1. The van der Waals surface area contributed by atoms with Gasteiger partial charge in [0.25, 0.3) is 0 Å². The third-order valence-corrected chi connectivity index (χ3v) is 3.70. The molecule has 0 saturated carbocycles. The molecule has 0 amide bonds. The van der Waals surface area contributed by atoms with Gasteiger partial charge in [-0.3, -0.25) is 0 Å². The lowest BCUT2D eigenvalue weighted by atomic mass is 10.2. The van der Waals surface area contributed by atoms with E-state index < -0.39 is 0 Å². The minimum Gasteiger partial charge on any atom is -0.490 e. The standard InChI is InChI=1S/C15H22ClN3O/c16-13-7-3-4-8-14(13)20-12-9-18-15(17)19-10-5-1-2-6-11-19/h3-4,7-8H,1-2,5-6,9-12H2,(H2,17,18). The Kier molecular flexibility index (Phi) is 5.99. The van der Waals surface area contributed by atoms with Crippen molar-refractivity contribution in [3.05, 3.63) is 29.3 Å². The summed E-state index contributed by atoms with van der Waals surface area (Å²) < 4.78 is 5.59. The number of likely N-dealkylation sites (tertiary alicyclic amines) is 1. The fraction of sp³-hybridized carbons (Fsp3) is 0.533. The number of nitrogens with zero attached hydrogens (tertiary/aromatic N) is 2. The Morgan fingerprint density at radius 1 is 1.20 bits per heavy atom. The zero-order valence-electron chi connectivity index (χ0n) is 11.7. The molecule has 0 aliphatic carbocycles. The molecular weight excluding hydrogens is 274 g/mol. The van der Waals surface area contributed by atoms with Crippen molar-refractivity contribution in [3.8, 4) is 5.75 Å². The molecule has 2 rings (SSSR count). The zero-order chi connectivity index (χ0) is 14.2. The van der Waals surface area contributed by atoms with Crippen molar-refractivity contribution in [1.82, 2.24) is 4.90 Å². The van der Waals surface area contributed by atoms with Gasteiger partial charge >= 0.3 is 0 Å². The molecule has 0 spiro atoms. The van der Waals surface area contributed by atoms with Gasteiger partial charge in [-0.1, -0.05) is 36.6 Å². The van der Waals surface area contributed by atoms with E-state index in [1.807, 2.05) is 24.3 Å². The molecule has 0 unspecified atom stereocenters. The summed E-state index contributed by atoms with van der Waals surface area (Å²) in [5, 5.41) is 0.622. The van der Waals surface area contributed by atoms with Crippen LogP contribution in [-0.4, -0.2) is 37.1 Å². The lowest BCUT2D eigenvalue weighted by Gasteiger charge is -2.21. The molecule has 2 N–H and O–H groups in total. The summed E-state index contributed by atoms with van der Waals surface area (Å²) in [6, 6.07) is 7.44. The molecule has 20 heavy (non-hydrogen) atoms. The van der Waals surface area contributed by atoms with Gasteiger partial charge in [-0.2, -0.15) is 0 Å². The fourth-order valence-corrected chi connectivity index (χ4v) is 2.47. The Labute approximate surface area is 125 Å². The van der Waals surface area contributed by atoms with Crippen LogP contribution < -0.4 is 10.5 Å². The van der Waals surface area contributed by atoms with Crippen LogP contribution in [0.4, 0.5) is 0 Å². The number of para-hydroxylation sites is 1. The van der Waals surface area contributed by atoms with Gasteiger partial charge in [-0.25, -0.2) is 4.99 Å². The molecule has 1 aliphatic rings. The minimum absolute atomic E-state index is 0.484. The lowest BCUT2D eigenvalue weighted by Crippen LogP contribution is -2.38. The highest BCUT2D eigenvalue weighted by Gasteiger charge is 2.10. The monoisotopic (exact) mass is 295 g/mol. The largest absolute Gasteiger partial charge is 0.490 e. The first-order chi connectivity index (χ1) is 9.77. The SMILES string of the molecule is NC(=NCCOc1ccccc1Cl)N1CCCCCC1. The van der Waals surface area contributed by atoms with Crippen LogP contribution in [0.2, 0.25) is 5.02 Å². The molecule has 0 radical (unpaired) electrons. The topological polar surface area (TPSA) is 50.9 Å². The van der Waals surface area contributed by atoms with E-state index in [0.717, 1.165) is 13.1 Å². The summed E-state index contributed by atoms with van der Waals surface area (Å²) >= 11 is 6.01. The number of rotatable bonds is 4. The summed E-state index contributed by atoms with van der Waals surface area (Å²) in [6.07, 6.45) is 4.98. The highest BCUT2D eigenvalue weighted by Crippen LogP contribution is 2.22. The number of ether oxygens (including phenoxy) is 1. The van der Waals surface area contributed by atoms with Crippen LogP contribution in [0.3, 0.4) is 0 Å². The zero-order valence-corrected chi connectivity index (χ0v) is 12.5. The molecule has 0 aromatic heterocycles. The summed E-state index contributed by atoms with van der Waals surface area (Å²) in [4.78, 5) is 6.56. The first-order valence-electron chi connectivity index (χ1n) is 7.19. The van der Waals surface area contributed by atoms with Gasteiger partial charge in [0.2, 0.25) is 0 Å². The van der Waals surface area contributed by atoms with Crippen LogP contribution in [0, 0.1) is 0 Å². The summed E-state index contributed by atoms with van der Waals surface area (Å²) in [7, 11) is 0. The number of nitrogens with two attached hydrogens (primary N) is 1. The van der Waals surface area contributed by atoms with Crippen LogP contribution in [0.15, 0.2) is 29.3 Å². The highest BCUT2D eigenvalue weighted by atomic mass is 35.5. The number of halogens is 1. The average Bonchev–Trinajstić information content (AvgIpc) is 2.74. The molecule has 4 nitrogen and oxygen atoms in total. The van der Waals surface area contributed by atoms with Gasteiger partial charge in [0.05, 0.1) is 11.6 Å². The van der Waals surface area contributed by atoms with Crippen molar-refractivity contribution < 1.29 is 4.74 Å². The summed E-state index contributed by atoms with van der Waals surface area (Å²) in [5.74, 6) is 1.33. The summed E-state index contributed by atoms with van der Waals surface area (Å²) in [6.45, 7) is 3.06. The van der Waals surface area contributed by atoms with E-state index in [-0.39, 0.29) is 0 Å². The molecule has 1 aliphatic heterocycles. The van der Waals surface area contributed by atoms with E-state index in [2.05, 4.69) is 9.89 Å². The second kappa shape index (κ2) is 8.00. The van der Waals surface area contributed by atoms with E-state index in [4.69, 9.17) is 22.1 Å². The number of hydrogen-bond acceptors (Lipinski definition) is 2. The minimum atomic E-state index is 0.484. The van der Waals surface area contributed by atoms with Gasteiger partial charge in [0.15, 0.2) is 5.96 Å². The lowest BCUT2D eigenvalue weighted by molar-refractivity contribution is 0.327. The van der Waals surface area contributed by atoms with Crippen molar-refractivity contribution >= 4 is 17.6 Å². The van der Waals surface area contributed by atoms with Crippen molar-refractivity contribution in [3.63, 3.8) is 0 Å². The number of aliphatic imine (C=N–C) groups is 1. The molecule has 5 heteroatoms. The smallest absolute Gasteiger partial charge is 0.191 e. The predicted molar refractivity (Wildman–Crippen MR) is 83.5 cm³/mol. The Morgan fingerprint density at radius 3 is 2.60 bits per heavy atom. The molecule has 1 heterocycles. The van der Waals surface area contributed by atoms with Gasteiger partial charge in [0, 0.05) is 13.1 Å². The summed E-state index contributed by atoms with van der Waals surface area (Å²) in [5.41, 5.74) is 6.02. The average molecular weight is 296 g/mol. The van der Waals surface area contributed by atoms with E-state index in [0.29, 0.717) is 29.9 Å². The molecule has 1 aromatic rings. The molecule has 0 atom stereocenters. The Bertz CT molecular complexity index is 442. The number of benzene rings is 1. The van der Waals surface area contributed by atoms with Crippen LogP contribution in [0.1, 0.15) is 25.7 Å². The highest BCUT2D eigenvalue weighted by molar-refractivity contribution is 6.32. The quantitative estimate of drug-likeness (QED) is 0.528. The first-order valence-corrected chi connectivity index (χ1v) is 7.57. The van der Waals surface area contributed by atoms with E-state index in [1.165, 1.54) is 25.7 Å². The van der Waals surface area contributed by atoms with Gasteiger partial charge < -0.3 is 15.4 Å². The van der Waals surface area contributed by atoms with Crippen molar-refractivity contribution in [2.45, 2.75) is 25.7 Å². The van der Waals surface area contributed by atoms with Crippen LogP contribution in [0.25, 0.3) is 0 Å². The Balaban J connectivity index is 1.76. The van der Waals surface area contributed by atoms with E-state index >= 15 is 0 Å². The fourth-order valence-electron chi connectivity index (χ4n) is 2.28. The van der Waals surface area contributed by atoms with Crippen molar-refractivity contribution in [1.29, 1.82) is 0 Å².